The minimum absolute atomic E-state index is 0.0143. The molecule has 2 unspecified atom stereocenters. The number of aryl methyl sites for hydroxylation is 1. The summed E-state index contributed by atoms with van der Waals surface area (Å²) in [5.74, 6) is 0.204. The van der Waals surface area contributed by atoms with Crippen molar-refractivity contribution < 1.29 is 9.53 Å². The largest absolute Gasteiger partial charge is 0.377 e. The van der Waals surface area contributed by atoms with E-state index >= 15 is 0 Å². The zero-order valence-corrected chi connectivity index (χ0v) is 12.0. The molecular formula is C14H23N3O2. The number of nitrogens with zero attached hydrogens (tertiary/aromatic N) is 3. The molecule has 19 heavy (non-hydrogen) atoms. The van der Waals surface area contributed by atoms with Crippen LogP contribution in [0.15, 0.2) is 12.4 Å². The summed E-state index contributed by atoms with van der Waals surface area (Å²) in [6.45, 7) is 3.48. The van der Waals surface area contributed by atoms with Crippen LogP contribution in [0.2, 0.25) is 0 Å². The first-order chi connectivity index (χ1) is 9.11. The minimum atomic E-state index is 0.0143. The van der Waals surface area contributed by atoms with Crippen LogP contribution in [-0.4, -0.2) is 40.3 Å². The van der Waals surface area contributed by atoms with Gasteiger partial charge in [-0.2, -0.15) is 5.10 Å². The minimum Gasteiger partial charge on any atom is -0.377 e. The third kappa shape index (κ3) is 3.35. The van der Waals surface area contributed by atoms with Crippen LogP contribution in [0.3, 0.4) is 0 Å². The predicted octanol–water partition coefficient (Wildman–Crippen LogP) is 1.58. The Labute approximate surface area is 114 Å². The second-order valence-corrected chi connectivity index (χ2v) is 5.28. The monoisotopic (exact) mass is 265 g/mol. The summed E-state index contributed by atoms with van der Waals surface area (Å²) in [5, 5.41) is 4.13. The van der Waals surface area contributed by atoms with Crippen LogP contribution in [0.5, 0.6) is 0 Å². The highest BCUT2D eigenvalue weighted by atomic mass is 16.5. The number of hydrogen-bond donors (Lipinski definition) is 0. The van der Waals surface area contributed by atoms with Gasteiger partial charge in [0.2, 0.25) is 5.91 Å². The average molecular weight is 265 g/mol. The molecule has 0 radical (unpaired) electrons. The molecular weight excluding hydrogens is 242 g/mol. The van der Waals surface area contributed by atoms with E-state index in [0.29, 0.717) is 6.54 Å². The van der Waals surface area contributed by atoms with Crippen LogP contribution in [0.4, 0.5) is 0 Å². The lowest BCUT2D eigenvalue weighted by Crippen LogP contribution is -2.41. The maximum atomic E-state index is 12.5. The van der Waals surface area contributed by atoms with Crippen molar-refractivity contribution in [3.05, 3.63) is 18.0 Å². The van der Waals surface area contributed by atoms with E-state index in [-0.39, 0.29) is 17.9 Å². The number of aromatic nitrogens is 2. The summed E-state index contributed by atoms with van der Waals surface area (Å²) in [7, 11) is 3.74. The van der Waals surface area contributed by atoms with Crippen LogP contribution in [0.25, 0.3) is 0 Å². The van der Waals surface area contributed by atoms with Gasteiger partial charge in [0.15, 0.2) is 0 Å². The molecule has 0 bridgehead atoms. The first kappa shape index (κ1) is 14.1. The van der Waals surface area contributed by atoms with E-state index in [9.17, 15) is 4.79 Å². The molecule has 5 heteroatoms. The van der Waals surface area contributed by atoms with Crippen molar-refractivity contribution in [3.8, 4) is 0 Å². The number of rotatable bonds is 4. The summed E-state index contributed by atoms with van der Waals surface area (Å²) < 4.78 is 7.46. The molecule has 2 atom stereocenters. The normalized spacial score (nSPS) is 23.3. The van der Waals surface area contributed by atoms with E-state index in [0.717, 1.165) is 31.4 Å². The second kappa shape index (κ2) is 6.19. The highest BCUT2D eigenvalue weighted by Gasteiger charge is 2.32. The molecule has 0 N–H and O–H groups in total. The van der Waals surface area contributed by atoms with Gasteiger partial charge in [0.1, 0.15) is 0 Å². The molecule has 2 rings (SSSR count). The first-order valence-electron chi connectivity index (χ1n) is 6.96. The van der Waals surface area contributed by atoms with Crippen molar-refractivity contribution >= 4 is 5.91 Å². The predicted molar refractivity (Wildman–Crippen MR) is 72.4 cm³/mol. The van der Waals surface area contributed by atoms with Crippen LogP contribution in [0.1, 0.15) is 31.7 Å². The van der Waals surface area contributed by atoms with Crippen molar-refractivity contribution in [1.29, 1.82) is 0 Å². The number of carbonyl (C=O) groups excluding carboxylic acids is 1. The van der Waals surface area contributed by atoms with Crippen molar-refractivity contribution in [2.45, 2.75) is 38.8 Å². The lowest BCUT2D eigenvalue weighted by molar-refractivity contribution is -0.144. The molecule has 5 nitrogen and oxygen atoms in total. The molecule has 0 spiro atoms. The highest BCUT2D eigenvalue weighted by molar-refractivity contribution is 5.79. The molecule has 1 aromatic heterocycles. The number of carbonyl (C=O) groups is 1. The highest BCUT2D eigenvalue weighted by Crippen LogP contribution is 2.25. The molecule has 0 saturated carbocycles. The van der Waals surface area contributed by atoms with Crippen LogP contribution in [0, 0.1) is 5.92 Å². The van der Waals surface area contributed by atoms with Crippen LogP contribution < -0.4 is 0 Å². The number of ether oxygens (including phenoxy) is 1. The lowest BCUT2D eigenvalue weighted by Gasteiger charge is -2.32. The van der Waals surface area contributed by atoms with E-state index in [4.69, 9.17) is 4.74 Å². The Bertz CT molecular complexity index is 430. The van der Waals surface area contributed by atoms with E-state index in [2.05, 4.69) is 12.0 Å². The molecule has 1 aliphatic rings. The van der Waals surface area contributed by atoms with Gasteiger partial charge < -0.3 is 9.64 Å². The van der Waals surface area contributed by atoms with Gasteiger partial charge in [-0.3, -0.25) is 9.48 Å². The number of amides is 1. The van der Waals surface area contributed by atoms with E-state index in [1.54, 1.807) is 15.8 Å². The van der Waals surface area contributed by atoms with Crippen LogP contribution >= 0.6 is 0 Å². The summed E-state index contributed by atoms with van der Waals surface area (Å²) in [6, 6.07) is 0. The van der Waals surface area contributed by atoms with E-state index in [1.165, 1.54) is 0 Å². The fraction of sp³-hybridized carbons (Fsp3) is 0.714. The molecule has 0 aromatic carbocycles. The summed E-state index contributed by atoms with van der Waals surface area (Å²) in [4.78, 5) is 14.3. The molecule has 1 fully saturated rings. The van der Waals surface area contributed by atoms with Gasteiger partial charge >= 0.3 is 0 Å². The molecule has 1 aromatic rings. The second-order valence-electron chi connectivity index (χ2n) is 5.28. The Kier molecular flexibility index (Phi) is 4.58. The van der Waals surface area contributed by atoms with Crippen molar-refractivity contribution in [1.82, 2.24) is 14.7 Å². The SMILES string of the molecule is CCC1OCCCC1C(=O)N(C)Cc1cnn(C)c1. The topological polar surface area (TPSA) is 47.4 Å². The summed E-state index contributed by atoms with van der Waals surface area (Å²) in [5.41, 5.74) is 1.06. The van der Waals surface area contributed by atoms with E-state index in [1.807, 2.05) is 20.3 Å². The van der Waals surface area contributed by atoms with Crippen molar-refractivity contribution in [2.75, 3.05) is 13.7 Å². The zero-order chi connectivity index (χ0) is 13.8. The molecule has 1 aliphatic heterocycles. The molecule has 0 aliphatic carbocycles. The van der Waals surface area contributed by atoms with Gasteiger partial charge in [-0.05, 0) is 19.3 Å². The third-order valence-electron chi connectivity index (χ3n) is 3.71. The fourth-order valence-electron chi connectivity index (χ4n) is 2.71. The third-order valence-corrected chi connectivity index (χ3v) is 3.71. The molecule has 1 amide bonds. The summed E-state index contributed by atoms with van der Waals surface area (Å²) >= 11 is 0. The fourth-order valence-corrected chi connectivity index (χ4v) is 2.71. The van der Waals surface area contributed by atoms with Gasteiger partial charge in [-0.15, -0.1) is 0 Å². The maximum absolute atomic E-state index is 12.5. The molecule has 1 saturated heterocycles. The maximum Gasteiger partial charge on any atom is 0.228 e. The van der Waals surface area contributed by atoms with Crippen molar-refractivity contribution in [3.63, 3.8) is 0 Å². The van der Waals surface area contributed by atoms with E-state index < -0.39 is 0 Å². The smallest absolute Gasteiger partial charge is 0.228 e. The first-order valence-corrected chi connectivity index (χ1v) is 6.96. The summed E-state index contributed by atoms with van der Waals surface area (Å²) in [6.07, 6.45) is 6.65. The quantitative estimate of drug-likeness (QED) is 0.830. The number of hydrogen-bond acceptors (Lipinski definition) is 3. The average Bonchev–Trinajstić information content (AvgIpc) is 2.83. The Hall–Kier alpha value is -1.36. The zero-order valence-electron chi connectivity index (χ0n) is 12.0. The van der Waals surface area contributed by atoms with Gasteiger partial charge in [0, 0.05) is 39.0 Å². The van der Waals surface area contributed by atoms with Crippen molar-refractivity contribution in [2.24, 2.45) is 13.0 Å². The lowest BCUT2D eigenvalue weighted by atomic mass is 9.91. The van der Waals surface area contributed by atoms with Gasteiger partial charge in [-0.25, -0.2) is 0 Å². The standard InChI is InChI=1S/C14H23N3O2/c1-4-13-12(6-5-7-19-13)14(18)16(2)9-11-8-15-17(3)10-11/h8,10,12-13H,4-7,9H2,1-3H3. The Morgan fingerprint density at radius 2 is 2.42 bits per heavy atom. The Morgan fingerprint density at radius 1 is 1.63 bits per heavy atom. The Morgan fingerprint density at radius 3 is 3.05 bits per heavy atom. The molecule has 2 heterocycles. The van der Waals surface area contributed by atoms with Gasteiger partial charge in [0.25, 0.3) is 0 Å². The molecule has 106 valence electrons. The van der Waals surface area contributed by atoms with Gasteiger partial charge in [-0.1, -0.05) is 6.92 Å². The van der Waals surface area contributed by atoms with Gasteiger partial charge in [0.05, 0.1) is 18.2 Å². The Balaban J connectivity index is 1.97. The van der Waals surface area contributed by atoms with Crippen LogP contribution in [-0.2, 0) is 23.1 Å².